The zero-order chi connectivity index (χ0) is 14.3. The zero-order valence-electron chi connectivity index (χ0n) is 10.4. The fourth-order valence-electron chi connectivity index (χ4n) is 2.06. The maximum Gasteiger partial charge on any atom is 0.257 e. The van der Waals surface area contributed by atoms with Crippen molar-refractivity contribution in [3.8, 4) is 0 Å². The lowest BCUT2D eigenvalue weighted by atomic mass is 10.1. The van der Waals surface area contributed by atoms with Crippen LogP contribution < -0.4 is 9.62 Å². The van der Waals surface area contributed by atoms with Gasteiger partial charge in [0.1, 0.15) is 12.0 Å². The first-order chi connectivity index (χ1) is 9.48. The van der Waals surface area contributed by atoms with E-state index < -0.39 is 15.9 Å². The summed E-state index contributed by atoms with van der Waals surface area (Å²) in [6.45, 7) is 0. The van der Waals surface area contributed by atoms with Crippen LogP contribution in [0.25, 0.3) is 0 Å². The zero-order valence-corrected chi connectivity index (χ0v) is 11.3. The number of anilines is 3. The molecule has 2 heterocycles. The molecule has 0 radical (unpaired) electrons. The lowest BCUT2D eigenvalue weighted by Gasteiger charge is -2.21. The molecular formula is C12H10N4O3S. The Balaban J connectivity index is 2.38. The highest BCUT2D eigenvalue weighted by Crippen LogP contribution is 2.37. The monoisotopic (exact) mass is 290 g/mol. The van der Waals surface area contributed by atoms with Gasteiger partial charge in [0.05, 0.1) is 23.7 Å². The molecule has 8 heteroatoms. The van der Waals surface area contributed by atoms with E-state index >= 15 is 0 Å². The van der Waals surface area contributed by atoms with Crippen molar-refractivity contribution in [1.82, 2.24) is 9.97 Å². The Morgan fingerprint density at radius 1 is 1.25 bits per heavy atom. The van der Waals surface area contributed by atoms with Gasteiger partial charge in [-0.15, -0.1) is 0 Å². The van der Waals surface area contributed by atoms with Gasteiger partial charge in [-0.2, -0.15) is 0 Å². The molecule has 7 nitrogen and oxygen atoms in total. The maximum atomic E-state index is 12.2. The summed E-state index contributed by atoms with van der Waals surface area (Å²) in [6.07, 6.45) is 3.66. The Morgan fingerprint density at radius 3 is 2.75 bits per heavy atom. The summed E-state index contributed by atoms with van der Waals surface area (Å²) < 4.78 is 25.2. The SMILES string of the molecule is CS(=O)(=O)N1c2ccccc2C(=O)Nc2cncnc21. The molecule has 1 amide bonds. The van der Waals surface area contributed by atoms with Crippen LogP contribution >= 0.6 is 0 Å². The third-order valence-corrected chi connectivity index (χ3v) is 3.86. The smallest absolute Gasteiger partial charge is 0.257 e. The van der Waals surface area contributed by atoms with Crippen LogP contribution in [0.3, 0.4) is 0 Å². The van der Waals surface area contributed by atoms with Gasteiger partial charge in [0, 0.05) is 0 Å². The van der Waals surface area contributed by atoms with Crippen molar-refractivity contribution >= 4 is 33.1 Å². The molecule has 1 aliphatic heterocycles. The van der Waals surface area contributed by atoms with Crippen LogP contribution in [-0.2, 0) is 10.0 Å². The summed E-state index contributed by atoms with van der Waals surface area (Å²) in [5.41, 5.74) is 0.778. The molecule has 0 bridgehead atoms. The van der Waals surface area contributed by atoms with Gasteiger partial charge in [0.15, 0.2) is 5.82 Å². The van der Waals surface area contributed by atoms with Gasteiger partial charge < -0.3 is 5.32 Å². The maximum absolute atomic E-state index is 12.2. The van der Waals surface area contributed by atoms with E-state index in [0.29, 0.717) is 0 Å². The molecule has 2 aromatic rings. The number of amides is 1. The normalized spacial score (nSPS) is 14.1. The van der Waals surface area contributed by atoms with Crippen LogP contribution in [0.15, 0.2) is 36.8 Å². The molecule has 0 aliphatic carbocycles. The average molecular weight is 290 g/mol. The molecule has 3 rings (SSSR count). The van der Waals surface area contributed by atoms with Crippen molar-refractivity contribution in [3.05, 3.63) is 42.4 Å². The number of nitrogens with one attached hydrogen (secondary N) is 1. The topological polar surface area (TPSA) is 92.3 Å². The second-order valence-electron chi connectivity index (χ2n) is 4.26. The van der Waals surface area contributed by atoms with Crippen molar-refractivity contribution in [2.75, 3.05) is 15.9 Å². The van der Waals surface area contributed by atoms with E-state index in [4.69, 9.17) is 0 Å². The van der Waals surface area contributed by atoms with Crippen LogP contribution in [0.2, 0.25) is 0 Å². The highest BCUT2D eigenvalue weighted by Gasteiger charge is 2.31. The molecule has 1 N–H and O–H groups in total. The predicted octanol–water partition coefficient (Wildman–Crippen LogP) is 1.14. The van der Waals surface area contributed by atoms with Gasteiger partial charge in [-0.05, 0) is 12.1 Å². The van der Waals surface area contributed by atoms with Gasteiger partial charge in [0.25, 0.3) is 5.91 Å². The quantitative estimate of drug-likeness (QED) is 0.850. The summed E-state index contributed by atoms with van der Waals surface area (Å²) in [7, 11) is -3.65. The predicted molar refractivity (Wildman–Crippen MR) is 73.4 cm³/mol. The molecule has 0 spiro atoms. The largest absolute Gasteiger partial charge is 0.317 e. The summed E-state index contributed by atoms with van der Waals surface area (Å²) >= 11 is 0. The minimum atomic E-state index is -3.65. The number of benzene rings is 1. The summed E-state index contributed by atoms with van der Waals surface area (Å²) in [5, 5.41) is 2.61. The molecule has 0 fully saturated rings. The van der Waals surface area contributed by atoms with Gasteiger partial charge in [-0.3, -0.25) is 4.79 Å². The number of fused-ring (bicyclic) bond motifs is 2. The Kier molecular flexibility index (Phi) is 2.68. The van der Waals surface area contributed by atoms with E-state index in [1.54, 1.807) is 24.3 Å². The first-order valence-electron chi connectivity index (χ1n) is 5.69. The van der Waals surface area contributed by atoms with Crippen molar-refractivity contribution in [2.24, 2.45) is 0 Å². The Labute approximate surface area is 115 Å². The fraction of sp³-hybridized carbons (Fsp3) is 0.0833. The molecule has 0 saturated heterocycles. The second-order valence-corrected chi connectivity index (χ2v) is 6.09. The molecule has 102 valence electrons. The van der Waals surface area contributed by atoms with Gasteiger partial charge in [-0.1, -0.05) is 12.1 Å². The van der Waals surface area contributed by atoms with Gasteiger partial charge >= 0.3 is 0 Å². The molecule has 0 atom stereocenters. The molecular weight excluding hydrogens is 280 g/mol. The Hall–Kier alpha value is -2.48. The fourth-order valence-corrected chi connectivity index (χ4v) is 3.03. The minimum Gasteiger partial charge on any atom is -0.317 e. The van der Waals surface area contributed by atoms with E-state index in [2.05, 4.69) is 15.3 Å². The van der Waals surface area contributed by atoms with Gasteiger partial charge in [0.2, 0.25) is 10.0 Å². The van der Waals surface area contributed by atoms with E-state index in [-0.39, 0.29) is 22.8 Å². The first kappa shape index (κ1) is 12.5. The number of aromatic nitrogens is 2. The summed E-state index contributed by atoms with van der Waals surface area (Å²) in [5.74, 6) is -0.274. The van der Waals surface area contributed by atoms with Crippen molar-refractivity contribution in [2.45, 2.75) is 0 Å². The average Bonchev–Trinajstić information content (AvgIpc) is 2.52. The Morgan fingerprint density at radius 2 is 2.00 bits per heavy atom. The summed E-state index contributed by atoms with van der Waals surface area (Å²) in [4.78, 5) is 19.9. The highest BCUT2D eigenvalue weighted by atomic mass is 32.2. The molecule has 1 aliphatic rings. The summed E-state index contributed by atoms with van der Waals surface area (Å²) in [6, 6.07) is 6.45. The number of para-hydroxylation sites is 1. The van der Waals surface area contributed by atoms with Gasteiger partial charge in [-0.25, -0.2) is 22.7 Å². The van der Waals surface area contributed by atoms with E-state index in [1.807, 2.05) is 0 Å². The molecule has 0 saturated carbocycles. The minimum absolute atomic E-state index is 0.126. The number of hydrogen-bond acceptors (Lipinski definition) is 5. The number of nitrogens with zero attached hydrogens (tertiary/aromatic N) is 3. The first-order valence-corrected chi connectivity index (χ1v) is 7.54. The van der Waals surface area contributed by atoms with E-state index in [1.165, 1.54) is 12.5 Å². The van der Waals surface area contributed by atoms with E-state index in [0.717, 1.165) is 10.6 Å². The third-order valence-electron chi connectivity index (χ3n) is 2.83. The standard InChI is InChI=1S/C12H10N4O3S/c1-20(18,19)16-10-5-3-2-4-8(10)12(17)15-9-6-13-7-14-11(9)16/h2-7H,1H3,(H,15,17). The molecule has 20 heavy (non-hydrogen) atoms. The number of carbonyl (C=O) groups excluding carboxylic acids is 1. The number of carbonyl (C=O) groups is 1. The molecule has 1 aromatic carbocycles. The van der Waals surface area contributed by atoms with Crippen molar-refractivity contribution < 1.29 is 13.2 Å². The molecule has 0 unspecified atom stereocenters. The number of hydrogen-bond donors (Lipinski definition) is 1. The van der Waals surface area contributed by atoms with Crippen molar-refractivity contribution in [1.29, 1.82) is 0 Å². The lowest BCUT2D eigenvalue weighted by Crippen LogP contribution is -2.26. The highest BCUT2D eigenvalue weighted by molar-refractivity contribution is 7.92. The van der Waals surface area contributed by atoms with Crippen molar-refractivity contribution in [3.63, 3.8) is 0 Å². The van der Waals surface area contributed by atoms with Crippen LogP contribution in [0.1, 0.15) is 10.4 Å². The molecule has 1 aromatic heterocycles. The third kappa shape index (κ3) is 1.90. The lowest BCUT2D eigenvalue weighted by molar-refractivity contribution is 0.102. The van der Waals surface area contributed by atoms with Crippen LogP contribution in [0, 0.1) is 0 Å². The number of sulfonamides is 1. The number of rotatable bonds is 1. The van der Waals surface area contributed by atoms with Crippen LogP contribution in [0.5, 0.6) is 0 Å². The van der Waals surface area contributed by atoms with Crippen LogP contribution in [0.4, 0.5) is 17.2 Å². The Bertz CT molecular complexity index is 804. The van der Waals surface area contributed by atoms with Crippen LogP contribution in [-0.4, -0.2) is 30.5 Å². The van der Waals surface area contributed by atoms with E-state index in [9.17, 15) is 13.2 Å². The second kappa shape index (κ2) is 4.27.